The maximum Gasteiger partial charge on any atom is 0.412 e. The summed E-state index contributed by atoms with van der Waals surface area (Å²) in [5.74, 6) is -0.247. The van der Waals surface area contributed by atoms with Crippen molar-refractivity contribution in [1.29, 1.82) is 0 Å². The van der Waals surface area contributed by atoms with Crippen molar-refractivity contribution in [1.82, 2.24) is 10.2 Å². The van der Waals surface area contributed by atoms with Gasteiger partial charge in [0.2, 0.25) is 0 Å². The molecule has 0 bridgehead atoms. The first kappa shape index (κ1) is 25.7. The van der Waals surface area contributed by atoms with Crippen molar-refractivity contribution in [2.24, 2.45) is 0 Å². The summed E-state index contributed by atoms with van der Waals surface area (Å²) in [4.78, 5) is 27.3. The lowest BCUT2D eigenvalue weighted by atomic mass is 10.1. The summed E-state index contributed by atoms with van der Waals surface area (Å²) < 4.78 is 10.7. The molecule has 2 aromatic rings. The van der Waals surface area contributed by atoms with E-state index in [2.05, 4.69) is 20.9 Å². The highest BCUT2D eigenvalue weighted by Crippen LogP contribution is 2.23. The number of nitrogens with zero attached hydrogens (tertiary/aromatic N) is 1. The second-order valence-corrected chi connectivity index (χ2v) is 9.31. The summed E-state index contributed by atoms with van der Waals surface area (Å²) in [5, 5.41) is 9.02. The third-order valence-electron chi connectivity index (χ3n) is 5.29. The Bertz CT molecular complexity index is 935. The number of para-hydroxylation sites is 2. The summed E-state index contributed by atoms with van der Waals surface area (Å²) in [6.45, 7) is 11.9. The van der Waals surface area contributed by atoms with Gasteiger partial charge in [-0.25, -0.2) is 4.79 Å². The van der Waals surface area contributed by atoms with Gasteiger partial charge in [-0.15, -0.1) is 0 Å². The van der Waals surface area contributed by atoms with Crippen molar-refractivity contribution < 1.29 is 19.1 Å². The van der Waals surface area contributed by atoms with Crippen molar-refractivity contribution in [3.05, 3.63) is 59.7 Å². The van der Waals surface area contributed by atoms with Crippen LogP contribution in [0.15, 0.2) is 48.5 Å². The topological polar surface area (TPSA) is 91.9 Å². The van der Waals surface area contributed by atoms with Crippen molar-refractivity contribution in [2.45, 2.75) is 39.3 Å². The number of nitrogens with one attached hydrogen (secondary N) is 3. The lowest BCUT2D eigenvalue weighted by Crippen LogP contribution is -2.37. The number of carbonyl (C=O) groups is 2. The van der Waals surface area contributed by atoms with Crippen LogP contribution in [-0.2, 0) is 16.0 Å². The molecule has 34 heavy (non-hydrogen) atoms. The largest absolute Gasteiger partial charge is 0.444 e. The Kier molecular flexibility index (Phi) is 9.44. The zero-order valence-electron chi connectivity index (χ0n) is 20.4. The molecule has 8 nitrogen and oxygen atoms in total. The summed E-state index contributed by atoms with van der Waals surface area (Å²) >= 11 is 0. The summed E-state index contributed by atoms with van der Waals surface area (Å²) in [6.07, 6.45) is 0.521. The van der Waals surface area contributed by atoms with Crippen LogP contribution in [0.1, 0.15) is 43.1 Å². The summed E-state index contributed by atoms with van der Waals surface area (Å²) in [6, 6.07) is 14.6. The molecule has 0 aliphatic carbocycles. The second-order valence-electron chi connectivity index (χ2n) is 9.31. The predicted molar refractivity (Wildman–Crippen MR) is 134 cm³/mol. The molecule has 0 saturated carbocycles. The molecule has 1 aliphatic heterocycles. The van der Waals surface area contributed by atoms with Crippen LogP contribution in [0.4, 0.5) is 16.2 Å². The Hall–Kier alpha value is -2.94. The van der Waals surface area contributed by atoms with Crippen LogP contribution in [0.25, 0.3) is 0 Å². The molecule has 0 radical (unpaired) electrons. The first-order valence-electron chi connectivity index (χ1n) is 11.8. The zero-order valence-corrected chi connectivity index (χ0v) is 20.4. The molecule has 0 unspecified atom stereocenters. The molecule has 3 N–H and O–H groups in total. The summed E-state index contributed by atoms with van der Waals surface area (Å²) in [7, 11) is 0. The first-order valence-corrected chi connectivity index (χ1v) is 11.8. The average Bonchev–Trinajstić information content (AvgIpc) is 2.80. The minimum absolute atomic E-state index is 0.247. The standard InChI is InChI=1S/C26H36N4O4/c1-26(2,3)34-25(32)29-23-8-5-4-7-22(23)28-24(31)21-11-9-20(10-12-21)19-27-13-6-14-30-15-17-33-18-16-30/h4-5,7-12,27H,6,13-19H2,1-3H3,(H,28,31)(H,29,32). The molecular weight excluding hydrogens is 432 g/mol. The molecule has 0 spiro atoms. The van der Waals surface area contributed by atoms with E-state index in [9.17, 15) is 9.59 Å². The molecule has 1 fully saturated rings. The van der Waals surface area contributed by atoms with Crippen LogP contribution in [0.5, 0.6) is 0 Å². The van der Waals surface area contributed by atoms with E-state index in [1.54, 1.807) is 45.0 Å². The van der Waals surface area contributed by atoms with Gasteiger partial charge in [-0.05, 0) is 70.1 Å². The number of hydrogen-bond acceptors (Lipinski definition) is 6. The van der Waals surface area contributed by atoms with Crippen molar-refractivity contribution in [3.63, 3.8) is 0 Å². The quantitative estimate of drug-likeness (QED) is 0.480. The fourth-order valence-electron chi connectivity index (χ4n) is 3.57. The third kappa shape index (κ3) is 8.78. The highest BCUT2D eigenvalue weighted by molar-refractivity contribution is 6.06. The molecule has 184 valence electrons. The molecule has 1 saturated heterocycles. The maximum atomic E-state index is 12.8. The van der Waals surface area contributed by atoms with Crippen molar-refractivity contribution in [2.75, 3.05) is 50.0 Å². The number of rotatable bonds is 9. The van der Waals surface area contributed by atoms with E-state index >= 15 is 0 Å². The molecule has 3 rings (SSSR count). The number of hydrogen-bond donors (Lipinski definition) is 3. The SMILES string of the molecule is CC(C)(C)OC(=O)Nc1ccccc1NC(=O)c1ccc(CNCCCN2CCOCC2)cc1. The minimum atomic E-state index is -0.610. The van der Waals surface area contributed by atoms with Gasteiger partial charge in [-0.3, -0.25) is 15.0 Å². The number of amides is 2. The van der Waals surface area contributed by atoms with E-state index in [0.717, 1.165) is 57.9 Å². The zero-order chi connectivity index (χ0) is 24.4. The number of ether oxygens (including phenoxy) is 2. The lowest BCUT2D eigenvalue weighted by Gasteiger charge is -2.26. The fourth-order valence-corrected chi connectivity index (χ4v) is 3.57. The van der Waals surface area contributed by atoms with Gasteiger partial charge in [0.1, 0.15) is 5.60 Å². The van der Waals surface area contributed by atoms with E-state index in [4.69, 9.17) is 9.47 Å². The van der Waals surface area contributed by atoms with Gasteiger partial charge in [0.25, 0.3) is 5.91 Å². The van der Waals surface area contributed by atoms with Crippen LogP contribution >= 0.6 is 0 Å². The highest BCUT2D eigenvalue weighted by atomic mass is 16.6. The third-order valence-corrected chi connectivity index (χ3v) is 5.29. The van der Waals surface area contributed by atoms with E-state index < -0.39 is 11.7 Å². The van der Waals surface area contributed by atoms with E-state index in [0.29, 0.717) is 16.9 Å². The van der Waals surface area contributed by atoms with Crippen LogP contribution < -0.4 is 16.0 Å². The lowest BCUT2D eigenvalue weighted by molar-refractivity contribution is 0.0374. The van der Waals surface area contributed by atoms with Gasteiger partial charge in [-0.1, -0.05) is 24.3 Å². The first-order chi connectivity index (χ1) is 16.3. The van der Waals surface area contributed by atoms with Gasteiger partial charge in [-0.2, -0.15) is 0 Å². The molecule has 2 aromatic carbocycles. The van der Waals surface area contributed by atoms with Crippen molar-refractivity contribution in [3.8, 4) is 0 Å². The Labute approximate surface area is 202 Å². The molecular formula is C26H36N4O4. The number of anilines is 2. The Morgan fingerprint density at radius 1 is 0.971 bits per heavy atom. The Balaban J connectivity index is 1.46. The normalized spacial score (nSPS) is 14.4. The highest BCUT2D eigenvalue weighted by Gasteiger charge is 2.18. The second kappa shape index (κ2) is 12.5. The van der Waals surface area contributed by atoms with E-state index in [1.807, 2.05) is 24.3 Å². The van der Waals surface area contributed by atoms with Crippen LogP contribution in [0.2, 0.25) is 0 Å². The van der Waals surface area contributed by atoms with Gasteiger partial charge in [0.05, 0.1) is 24.6 Å². The molecule has 1 heterocycles. The van der Waals surface area contributed by atoms with Gasteiger partial charge in [0, 0.05) is 25.2 Å². The fraction of sp³-hybridized carbons (Fsp3) is 0.462. The van der Waals surface area contributed by atoms with Gasteiger partial charge >= 0.3 is 6.09 Å². The molecule has 1 aliphatic rings. The Morgan fingerprint density at radius 3 is 2.26 bits per heavy atom. The number of carbonyl (C=O) groups excluding carboxylic acids is 2. The van der Waals surface area contributed by atoms with Gasteiger partial charge in [0.15, 0.2) is 0 Å². The van der Waals surface area contributed by atoms with Crippen LogP contribution in [-0.4, -0.2) is 61.9 Å². The monoisotopic (exact) mass is 468 g/mol. The molecule has 0 aromatic heterocycles. The molecule has 2 amide bonds. The number of benzene rings is 2. The molecule has 8 heteroatoms. The minimum Gasteiger partial charge on any atom is -0.444 e. The smallest absolute Gasteiger partial charge is 0.412 e. The number of morpholine rings is 1. The van der Waals surface area contributed by atoms with Crippen LogP contribution in [0, 0.1) is 0 Å². The predicted octanol–water partition coefficient (Wildman–Crippen LogP) is 4.10. The molecule has 0 atom stereocenters. The maximum absolute atomic E-state index is 12.8. The summed E-state index contributed by atoms with van der Waals surface area (Å²) in [5.41, 5.74) is 2.03. The van der Waals surface area contributed by atoms with Crippen molar-refractivity contribution >= 4 is 23.4 Å². The Morgan fingerprint density at radius 2 is 1.62 bits per heavy atom. The van der Waals surface area contributed by atoms with Crippen LogP contribution in [0.3, 0.4) is 0 Å². The van der Waals surface area contributed by atoms with E-state index in [-0.39, 0.29) is 5.91 Å². The van der Waals surface area contributed by atoms with E-state index in [1.165, 1.54) is 0 Å². The van der Waals surface area contributed by atoms with Gasteiger partial charge < -0.3 is 20.1 Å². The average molecular weight is 469 g/mol.